The van der Waals surface area contributed by atoms with Crippen LogP contribution in [0, 0.1) is 5.92 Å². The van der Waals surface area contributed by atoms with Crippen molar-refractivity contribution in [2.75, 3.05) is 19.6 Å². The number of nitrogens with zero attached hydrogens (tertiary/aromatic N) is 1. The molecule has 0 saturated carbocycles. The number of rotatable bonds is 3. The van der Waals surface area contributed by atoms with Crippen molar-refractivity contribution in [1.82, 2.24) is 10.2 Å². The largest absolute Gasteiger partial charge is 0.390 e. The van der Waals surface area contributed by atoms with Crippen molar-refractivity contribution in [2.45, 2.75) is 51.9 Å². The molecule has 1 unspecified atom stereocenters. The molecule has 102 valence electrons. The number of alkyl halides is 3. The van der Waals surface area contributed by atoms with Crippen LogP contribution in [0.25, 0.3) is 0 Å². The van der Waals surface area contributed by atoms with E-state index < -0.39 is 12.6 Å². The van der Waals surface area contributed by atoms with E-state index in [1.807, 2.05) is 18.7 Å². The Morgan fingerprint density at radius 3 is 2.41 bits per heavy atom. The Balaban J connectivity index is 2.61. The third-order valence-corrected chi connectivity index (χ3v) is 3.31. The molecule has 1 N–H and O–H groups in total. The molecule has 2 nitrogen and oxygen atoms in total. The average molecular weight is 252 g/mol. The van der Waals surface area contributed by atoms with Gasteiger partial charge in [0.05, 0.1) is 6.42 Å². The van der Waals surface area contributed by atoms with Gasteiger partial charge in [-0.2, -0.15) is 13.2 Å². The van der Waals surface area contributed by atoms with Crippen molar-refractivity contribution in [1.29, 1.82) is 0 Å². The van der Waals surface area contributed by atoms with Gasteiger partial charge in [-0.3, -0.25) is 4.90 Å². The van der Waals surface area contributed by atoms with Crippen LogP contribution in [0.2, 0.25) is 0 Å². The predicted octanol–water partition coefficient (Wildman–Crippen LogP) is 2.65. The minimum Gasteiger partial charge on any atom is -0.309 e. The molecule has 0 spiro atoms. The summed E-state index contributed by atoms with van der Waals surface area (Å²) < 4.78 is 36.9. The van der Waals surface area contributed by atoms with E-state index in [0.717, 1.165) is 6.54 Å². The number of hydrogen-bond acceptors (Lipinski definition) is 2. The van der Waals surface area contributed by atoms with Crippen LogP contribution in [0.5, 0.6) is 0 Å². The summed E-state index contributed by atoms with van der Waals surface area (Å²) in [6.07, 6.45) is -4.77. The highest BCUT2D eigenvalue weighted by Gasteiger charge is 2.36. The molecule has 0 amide bonds. The fourth-order valence-electron chi connectivity index (χ4n) is 2.36. The summed E-state index contributed by atoms with van der Waals surface area (Å²) in [5.74, 6) is 0.367. The van der Waals surface area contributed by atoms with E-state index in [9.17, 15) is 13.2 Å². The van der Waals surface area contributed by atoms with Gasteiger partial charge in [0.2, 0.25) is 0 Å². The summed E-state index contributed by atoms with van der Waals surface area (Å²) >= 11 is 0. The molecule has 1 heterocycles. The van der Waals surface area contributed by atoms with Crippen molar-refractivity contribution < 1.29 is 13.2 Å². The molecular formula is C12H23F3N2. The number of piperazine rings is 1. The van der Waals surface area contributed by atoms with Crippen molar-refractivity contribution in [3.05, 3.63) is 0 Å². The molecule has 0 bridgehead atoms. The summed E-state index contributed by atoms with van der Waals surface area (Å²) in [6, 6.07) is 0.199. The van der Waals surface area contributed by atoms with Gasteiger partial charge >= 0.3 is 6.18 Å². The molecular weight excluding hydrogens is 229 g/mol. The minimum atomic E-state index is -4.06. The number of halogens is 3. The van der Waals surface area contributed by atoms with Gasteiger partial charge in [0.1, 0.15) is 0 Å². The zero-order chi connectivity index (χ0) is 13.3. The zero-order valence-electron chi connectivity index (χ0n) is 11.1. The molecule has 17 heavy (non-hydrogen) atoms. The van der Waals surface area contributed by atoms with E-state index >= 15 is 0 Å². The molecule has 1 aliphatic heterocycles. The first-order valence-electron chi connectivity index (χ1n) is 6.16. The van der Waals surface area contributed by atoms with E-state index in [-0.39, 0.29) is 18.1 Å². The molecule has 0 aromatic heterocycles. The Morgan fingerprint density at radius 1 is 1.35 bits per heavy atom. The second-order valence-electron chi connectivity index (χ2n) is 5.91. The highest BCUT2D eigenvalue weighted by atomic mass is 19.4. The van der Waals surface area contributed by atoms with Crippen LogP contribution in [0.3, 0.4) is 0 Å². The highest BCUT2D eigenvalue weighted by Crippen LogP contribution is 2.24. The maximum Gasteiger partial charge on any atom is 0.390 e. The maximum atomic E-state index is 12.3. The Morgan fingerprint density at radius 2 is 1.94 bits per heavy atom. The lowest BCUT2D eigenvalue weighted by atomic mass is 9.93. The highest BCUT2D eigenvalue weighted by molar-refractivity contribution is 4.93. The van der Waals surface area contributed by atoms with E-state index in [1.54, 1.807) is 0 Å². The molecule has 5 heteroatoms. The Labute approximate surface area is 102 Å². The summed E-state index contributed by atoms with van der Waals surface area (Å²) in [6.45, 7) is 9.73. The molecule has 1 fully saturated rings. The monoisotopic (exact) mass is 252 g/mol. The van der Waals surface area contributed by atoms with Crippen molar-refractivity contribution in [3.63, 3.8) is 0 Å². The van der Waals surface area contributed by atoms with Gasteiger partial charge in [-0.1, -0.05) is 13.8 Å². The first-order chi connectivity index (χ1) is 7.61. The van der Waals surface area contributed by atoms with Crippen LogP contribution in [0.15, 0.2) is 0 Å². The summed E-state index contributed by atoms with van der Waals surface area (Å²) in [5, 5.41) is 3.39. The number of hydrogen-bond donors (Lipinski definition) is 1. The van der Waals surface area contributed by atoms with Crippen molar-refractivity contribution in [2.24, 2.45) is 5.92 Å². The molecule has 1 saturated heterocycles. The standard InChI is InChI=1S/C12H23F3N2/c1-9(2)10-7-16-11(3,4)8-17(10)6-5-12(13,14)15/h9-10,16H,5-8H2,1-4H3. The van der Waals surface area contributed by atoms with Crippen LogP contribution in [0.4, 0.5) is 13.2 Å². The lowest BCUT2D eigenvalue weighted by molar-refractivity contribution is -0.141. The molecule has 0 aliphatic carbocycles. The zero-order valence-corrected chi connectivity index (χ0v) is 11.1. The average Bonchev–Trinajstić information content (AvgIpc) is 2.11. The SMILES string of the molecule is CC(C)C1CNC(C)(C)CN1CCC(F)(F)F. The Kier molecular flexibility index (Phi) is 4.47. The molecule has 1 rings (SSSR count). The molecule has 1 atom stereocenters. The summed E-state index contributed by atoms with van der Waals surface area (Å²) in [4.78, 5) is 1.98. The van der Waals surface area contributed by atoms with Gasteiger partial charge in [0.15, 0.2) is 0 Å². The first kappa shape index (κ1) is 14.8. The maximum absolute atomic E-state index is 12.3. The first-order valence-corrected chi connectivity index (χ1v) is 6.16. The fraction of sp³-hybridized carbons (Fsp3) is 1.00. The normalized spacial score (nSPS) is 26.5. The van der Waals surface area contributed by atoms with Gasteiger partial charge in [0.25, 0.3) is 0 Å². The van der Waals surface area contributed by atoms with Crippen molar-refractivity contribution in [3.8, 4) is 0 Å². The minimum absolute atomic E-state index is 0.100. The second-order valence-corrected chi connectivity index (χ2v) is 5.91. The molecule has 0 radical (unpaired) electrons. The van der Waals surface area contributed by atoms with Gasteiger partial charge < -0.3 is 5.32 Å². The van der Waals surface area contributed by atoms with Crippen LogP contribution in [-0.4, -0.2) is 42.3 Å². The van der Waals surface area contributed by atoms with Gasteiger partial charge in [-0.15, -0.1) is 0 Å². The van der Waals surface area contributed by atoms with Crippen LogP contribution >= 0.6 is 0 Å². The van der Waals surface area contributed by atoms with Crippen molar-refractivity contribution >= 4 is 0 Å². The van der Waals surface area contributed by atoms with E-state index in [4.69, 9.17) is 0 Å². The van der Waals surface area contributed by atoms with Gasteiger partial charge in [-0.25, -0.2) is 0 Å². The van der Waals surface area contributed by atoms with Gasteiger partial charge in [0, 0.05) is 31.2 Å². The van der Waals surface area contributed by atoms with E-state index in [2.05, 4.69) is 19.2 Å². The second kappa shape index (κ2) is 5.14. The Hall–Kier alpha value is -0.290. The summed E-state index contributed by atoms with van der Waals surface area (Å²) in [7, 11) is 0. The number of nitrogens with one attached hydrogen (secondary N) is 1. The van der Waals surface area contributed by atoms with E-state index in [0.29, 0.717) is 12.5 Å². The topological polar surface area (TPSA) is 15.3 Å². The third-order valence-electron chi connectivity index (χ3n) is 3.31. The van der Waals surface area contributed by atoms with E-state index in [1.165, 1.54) is 0 Å². The fourth-order valence-corrected chi connectivity index (χ4v) is 2.36. The lowest BCUT2D eigenvalue weighted by Gasteiger charge is -2.46. The van der Waals surface area contributed by atoms with Crippen LogP contribution in [-0.2, 0) is 0 Å². The summed E-state index contributed by atoms with van der Waals surface area (Å²) in [5.41, 5.74) is -0.100. The van der Waals surface area contributed by atoms with Crippen LogP contribution in [0.1, 0.15) is 34.1 Å². The molecule has 0 aromatic rings. The third kappa shape index (κ3) is 4.84. The smallest absolute Gasteiger partial charge is 0.309 e. The van der Waals surface area contributed by atoms with Gasteiger partial charge in [-0.05, 0) is 19.8 Å². The quantitative estimate of drug-likeness (QED) is 0.830. The lowest BCUT2D eigenvalue weighted by Crippen LogP contribution is -2.63. The van der Waals surface area contributed by atoms with Crippen LogP contribution < -0.4 is 5.32 Å². The Bertz CT molecular complexity index is 249. The molecule has 1 aliphatic rings. The molecule has 0 aromatic carbocycles. The predicted molar refractivity (Wildman–Crippen MR) is 63.0 cm³/mol.